The molecule has 0 spiro atoms. The van der Waals surface area contributed by atoms with Gasteiger partial charge in [-0.1, -0.05) is 18.2 Å². The zero-order valence-electron chi connectivity index (χ0n) is 10.3. The normalized spacial score (nSPS) is 15.8. The summed E-state index contributed by atoms with van der Waals surface area (Å²) in [5, 5.41) is -3.04. The van der Waals surface area contributed by atoms with Gasteiger partial charge in [0.25, 0.3) is 20.2 Å². The van der Waals surface area contributed by atoms with Crippen molar-refractivity contribution >= 4 is 25.9 Å². The molecular formula is C10H15NO6S2. The van der Waals surface area contributed by atoms with Crippen molar-refractivity contribution in [2.75, 3.05) is 4.90 Å². The minimum Gasteiger partial charge on any atom is -0.334 e. The molecule has 19 heavy (non-hydrogen) atoms. The lowest BCUT2D eigenvalue weighted by Gasteiger charge is -2.32. The van der Waals surface area contributed by atoms with Crippen molar-refractivity contribution in [3.63, 3.8) is 0 Å². The molecule has 7 nitrogen and oxygen atoms in total. The van der Waals surface area contributed by atoms with Crippen molar-refractivity contribution in [1.29, 1.82) is 0 Å². The summed E-state index contributed by atoms with van der Waals surface area (Å²) in [7, 11) is -9.01. The molecule has 1 rings (SSSR count). The molecule has 0 aliphatic heterocycles. The molecule has 0 radical (unpaired) electrons. The van der Waals surface area contributed by atoms with Gasteiger partial charge in [-0.05, 0) is 26.0 Å². The van der Waals surface area contributed by atoms with E-state index in [9.17, 15) is 16.8 Å². The first-order chi connectivity index (χ1) is 8.55. The molecule has 2 N–H and O–H groups in total. The predicted molar refractivity (Wildman–Crippen MR) is 70.9 cm³/mol. The lowest BCUT2D eigenvalue weighted by Crippen LogP contribution is -2.47. The van der Waals surface area contributed by atoms with Crippen molar-refractivity contribution in [3.8, 4) is 0 Å². The van der Waals surface area contributed by atoms with Crippen molar-refractivity contribution < 1.29 is 25.9 Å². The Morgan fingerprint density at radius 1 is 0.895 bits per heavy atom. The highest BCUT2D eigenvalue weighted by Gasteiger charge is 2.34. The smallest absolute Gasteiger partial charge is 0.286 e. The Balaban J connectivity index is 3.36. The van der Waals surface area contributed by atoms with Crippen molar-refractivity contribution in [1.82, 2.24) is 0 Å². The highest BCUT2D eigenvalue weighted by molar-refractivity contribution is 7.87. The number of rotatable bonds is 5. The fourth-order valence-electron chi connectivity index (χ4n) is 1.60. The third-order valence-electron chi connectivity index (χ3n) is 2.70. The summed E-state index contributed by atoms with van der Waals surface area (Å²) in [5.74, 6) is 0. The van der Waals surface area contributed by atoms with Crippen molar-refractivity contribution in [2.45, 2.75) is 24.6 Å². The molecule has 0 aliphatic rings. The van der Waals surface area contributed by atoms with Crippen LogP contribution in [-0.4, -0.2) is 36.7 Å². The molecule has 0 aliphatic carbocycles. The van der Waals surface area contributed by atoms with Gasteiger partial charge < -0.3 is 4.90 Å². The minimum absolute atomic E-state index is 0.248. The van der Waals surface area contributed by atoms with E-state index in [1.54, 1.807) is 18.2 Å². The number of benzene rings is 1. The quantitative estimate of drug-likeness (QED) is 0.779. The zero-order valence-corrected chi connectivity index (χ0v) is 12.0. The van der Waals surface area contributed by atoms with Crippen LogP contribution in [0.3, 0.4) is 0 Å². The standard InChI is InChI=1S/C10H15NO6S2/c1-8(18(12,13)14)11(9(2)19(15,16)17)10-6-4-3-5-7-10/h3-9H,1-2H3,(H,12,13,14)(H,15,16,17). The van der Waals surface area contributed by atoms with E-state index in [4.69, 9.17) is 9.11 Å². The highest BCUT2D eigenvalue weighted by atomic mass is 32.2. The molecule has 0 saturated heterocycles. The molecule has 0 aromatic heterocycles. The van der Waals surface area contributed by atoms with Gasteiger partial charge in [0, 0.05) is 5.69 Å². The lowest BCUT2D eigenvalue weighted by molar-refractivity contribution is 0.452. The van der Waals surface area contributed by atoms with Crippen LogP contribution in [0.1, 0.15) is 13.8 Å². The zero-order chi connectivity index (χ0) is 14.8. The van der Waals surface area contributed by atoms with Crippen molar-refractivity contribution in [3.05, 3.63) is 30.3 Å². The summed E-state index contributed by atoms with van der Waals surface area (Å²) in [4.78, 5) is 0.907. The molecular weight excluding hydrogens is 294 g/mol. The summed E-state index contributed by atoms with van der Waals surface area (Å²) in [6.45, 7) is 2.26. The average molecular weight is 309 g/mol. The maximum absolute atomic E-state index is 11.2. The Bertz CT molecular complexity index is 587. The molecule has 0 heterocycles. The fraction of sp³-hybridized carbons (Fsp3) is 0.400. The number of anilines is 1. The van der Waals surface area contributed by atoms with Crippen molar-refractivity contribution in [2.24, 2.45) is 0 Å². The minimum atomic E-state index is -4.51. The van der Waals surface area contributed by atoms with Gasteiger partial charge in [0.05, 0.1) is 0 Å². The van der Waals surface area contributed by atoms with Crippen LogP contribution < -0.4 is 4.90 Å². The fourth-order valence-corrected chi connectivity index (χ4v) is 2.86. The van der Waals surface area contributed by atoms with E-state index in [1.165, 1.54) is 12.1 Å². The van der Waals surface area contributed by atoms with E-state index in [-0.39, 0.29) is 5.69 Å². The molecule has 108 valence electrons. The van der Waals surface area contributed by atoms with Crippen LogP contribution in [0.25, 0.3) is 0 Å². The highest BCUT2D eigenvalue weighted by Crippen LogP contribution is 2.24. The third kappa shape index (κ3) is 3.90. The van der Waals surface area contributed by atoms with Crippen LogP contribution in [0.2, 0.25) is 0 Å². The van der Waals surface area contributed by atoms with Gasteiger partial charge in [-0.3, -0.25) is 9.11 Å². The largest absolute Gasteiger partial charge is 0.334 e. The molecule has 1 aromatic carbocycles. The molecule has 2 unspecified atom stereocenters. The lowest BCUT2D eigenvalue weighted by atomic mass is 10.3. The van der Waals surface area contributed by atoms with Crippen LogP contribution in [0.15, 0.2) is 30.3 Å². The summed E-state index contributed by atoms with van der Waals surface area (Å²) in [6, 6.07) is 7.77. The van der Waals surface area contributed by atoms with Gasteiger partial charge >= 0.3 is 0 Å². The molecule has 2 atom stereocenters. The molecule has 9 heteroatoms. The number of nitrogens with zero attached hydrogens (tertiary/aromatic N) is 1. The van der Waals surface area contributed by atoms with Crippen LogP contribution in [0, 0.1) is 0 Å². The van der Waals surface area contributed by atoms with Crippen LogP contribution in [0.4, 0.5) is 5.69 Å². The van der Waals surface area contributed by atoms with E-state index in [0.29, 0.717) is 0 Å². The Labute approximate surface area is 112 Å². The summed E-state index contributed by atoms with van der Waals surface area (Å²) < 4.78 is 63.0. The molecule has 0 saturated carbocycles. The van der Waals surface area contributed by atoms with E-state index in [1.807, 2.05) is 0 Å². The first kappa shape index (κ1) is 15.9. The van der Waals surface area contributed by atoms with Gasteiger partial charge in [0.1, 0.15) is 0 Å². The number of hydrogen-bond donors (Lipinski definition) is 2. The second-order valence-corrected chi connectivity index (χ2v) is 7.40. The topological polar surface area (TPSA) is 112 Å². The SMILES string of the molecule is CC(N(c1ccccc1)C(C)S(=O)(=O)O)S(=O)(=O)O. The first-order valence-corrected chi connectivity index (χ1v) is 8.32. The van der Waals surface area contributed by atoms with Gasteiger partial charge in [0.2, 0.25) is 0 Å². The second-order valence-electron chi connectivity index (χ2n) is 3.97. The predicted octanol–water partition coefficient (Wildman–Crippen LogP) is 0.961. The average Bonchev–Trinajstić information content (AvgIpc) is 2.28. The van der Waals surface area contributed by atoms with Gasteiger partial charge in [-0.2, -0.15) is 16.8 Å². The van der Waals surface area contributed by atoms with Crippen LogP contribution in [-0.2, 0) is 20.2 Å². The monoisotopic (exact) mass is 309 g/mol. The first-order valence-electron chi connectivity index (χ1n) is 5.31. The number of para-hydroxylation sites is 1. The van der Waals surface area contributed by atoms with E-state index in [2.05, 4.69) is 0 Å². The Kier molecular flexibility index (Phi) is 4.56. The van der Waals surface area contributed by atoms with Gasteiger partial charge in [-0.25, -0.2) is 0 Å². The molecule has 0 amide bonds. The molecule has 1 aromatic rings. The second kappa shape index (κ2) is 5.45. The van der Waals surface area contributed by atoms with Crippen LogP contribution >= 0.6 is 0 Å². The van der Waals surface area contributed by atoms with E-state index in [0.717, 1.165) is 18.7 Å². The Morgan fingerprint density at radius 2 is 1.26 bits per heavy atom. The van der Waals surface area contributed by atoms with Gasteiger partial charge in [-0.15, -0.1) is 0 Å². The van der Waals surface area contributed by atoms with Gasteiger partial charge in [0.15, 0.2) is 10.7 Å². The molecule has 0 bridgehead atoms. The Hall–Kier alpha value is -1.16. The number of hydrogen-bond acceptors (Lipinski definition) is 5. The van der Waals surface area contributed by atoms with E-state index < -0.39 is 31.0 Å². The summed E-state index contributed by atoms with van der Waals surface area (Å²) in [5.41, 5.74) is 0.248. The maximum Gasteiger partial charge on any atom is 0.286 e. The summed E-state index contributed by atoms with van der Waals surface area (Å²) in [6.07, 6.45) is 0. The van der Waals surface area contributed by atoms with Crippen LogP contribution in [0.5, 0.6) is 0 Å². The maximum atomic E-state index is 11.2. The third-order valence-corrected chi connectivity index (χ3v) is 4.88. The van der Waals surface area contributed by atoms with E-state index >= 15 is 0 Å². The molecule has 0 fully saturated rings. The summed E-state index contributed by atoms with van der Waals surface area (Å²) >= 11 is 0. The Morgan fingerprint density at radius 3 is 1.58 bits per heavy atom.